The number of amides is 1. The van der Waals surface area contributed by atoms with Gasteiger partial charge in [0.2, 0.25) is 5.91 Å². The molecule has 4 nitrogen and oxygen atoms in total. The van der Waals surface area contributed by atoms with Gasteiger partial charge in [-0.1, -0.05) is 48.5 Å². The van der Waals surface area contributed by atoms with E-state index in [-0.39, 0.29) is 5.91 Å². The van der Waals surface area contributed by atoms with Gasteiger partial charge in [-0.2, -0.15) is 0 Å². The zero-order valence-electron chi connectivity index (χ0n) is 14.7. The summed E-state index contributed by atoms with van der Waals surface area (Å²) in [6, 6.07) is 20.7. The molecular weight excluding hydrogens is 310 g/mol. The lowest BCUT2D eigenvalue weighted by molar-refractivity contribution is -0.121. The smallest absolute Gasteiger partial charge is 0.220 e. The Hall–Kier alpha value is -2.33. The molecule has 1 heterocycles. The molecule has 0 spiro atoms. The Bertz CT molecular complexity index is 637. The van der Waals surface area contributed by atoms with Crippen LogP contribution in [0.15, 0.2) is 60.7 Å². The summed E-state index contributed by atoms with van der Waals surface area (Å²) < 4.78 is 0. The predicted octanol–water partition coefficient (Wildman–Crippen LogP) is 2.56. The number of rotatable bonds is 7. The third-order valence-corrected chi connectivity index (χ3v) is 4.73. The number of piperazine rings is 1. The largest absolute Gasteiger partial charge is 0.369 e. The lowest BCUT2D eigenvalue weighted by Gasteiger charge is -2.36. The molecule has 1 saturated heterocycles. The second-order valence-corrected chi connectivity index (χ2v) is 6.50. The van der Waals surface area contributed by atoms with Gasteiger partial charge in [-0.3, -0.25) is 9.69 Å². The Balaban J connectivity index is 1.30. The lowest BCUT2D eigenvalue weighted by atomic mass is 10.1. The van der Waals surface area contributed by atoms with E-state index < -0.39 is 0 Å². The number of aryl methyl sites for hydroxylation is 1. The molecule has 0 unspecified atom stereocenters. The fourth-order valence-electron chi connectivity index (χ4n) is 3.21. The van der Waals surface area contributed by atoms with E-state index in [2.05, 4.69) is 57.6 Å². The van der Waals surface area contributed by atoms with Gasteiger partial charge in [-0.15, -0.1) is 0 Å². The Morgan fingerprint density at radius 2 is 1.52 bits per heavy atom. The van der Waals surface area contributed by atoms with Gasteiger partial charge in [0, 0.05) is 51.4 Å². The zero-order valence-corrected chi connectivity index (χ0v) is 14.7. The predicted molar refractivity (Wildman–Crippen MR) is 103 cm³/mol. The molecule has 0 aromatic heterocycles. The summed E-state index contributed by atoms with van der Waals surface area (Å²) in [6.07, 6.45) is 1.37. The Kier molecular flexibility index (Phi) is 6.46. The lowest BCUT2D eigenvalue weighted by Crippen LogP contribution is -2.48. The fourth-order valence-corrected chi connectivity index (χ4v) is 3.21. The van der Waals surface area contributed by atoms with Gasteiger partial charge in [-0.05, 0) is 24.1 Å². The Morgan fingerprint density at radius 3 is 2.20 bits per heavy atom. The van der Waals surface area contributed by atoms with Gasteiger partial charge in [0.25, 0.3) is 0 Å². The van der Waals surface area contributed by atoms with Crippen molar-refractivity contribution in [3.8, 4) is 0 Å². The van der Waals surface area contributed by atoms with E-state index in [1.807, 2.05) is 18.2 Å². The summed E-state index contributed by atoms with van der Waals surface area (Å²) in [4.78, 5) is 16.8. The number of para-hydroxylation sites is 1. The van der Waals surface area contributed by atoms with Crippen molar-refractivity contribution in [1.82, 2.24) is 10.2 Å². The van der Waals surface area contributed by atoms with E-state index in [9.17, 15) is 4.79 Å². The Labute approximate surface area is 150 Å². The molecule has 0 aliphatic carbocycles. The van der Waals surface area contributed by atoms with Crippen LogP contribution in [0.2, 0.25) is 0 Å². The number of anilines is 1. The maximum absolute atomic E-state index is 12.0. The maximum Gasteiger partial charge on any atom is 0.220 e. The fraction of sp³-hybridized carbons (Fsp3) is 0.381. The molecule has 132 valence electrons. The highest BCUT2D eigenvalue weighted by molar-refractivity contribution is 5.76. The van der Waals surface area contributed by atoms with Crippen LogP contribution < -0.4 is 10.2 Å². The molecule has 1 aliphatic rings. The van der Waals surface area contributed by atoms with Gasteiger partial charge in [0.05, 0.1) is 0 Å². The highest BCUT2D eigenvalue weighted by atomic mass is 16.1. The molecular formula is C21H27N3O. The summed E-state index contributed by atoms with van der Waals surface area (Å²) in [5.41, 5.74) is 2.52. The number of benzene rings is 2. The molecule has 2 aromatic carbocycles. The molecule has 2 aromatic rings. The zero-order chi connectivity index (χ0) is 17.3. The van der Waals surface area contributed by atoms with Crippen molar-refractivity contribution in [1.29, 1.82) is 0 Å². The molecule has 0 atom stereocenters. The highest BCUT2D eigenvalue weighted by Crippen LogP contribution is 2.15. The van der Waals surface area contributed by atoms with Crippen LogP contribution in [0.25, 0.3) is 0 Å². The van der Waals surface area contributed by atoms with Crippen molar-refractivity contribution in [2.24, 2.45) is 0 Å². The first kappa shape index (κ1) is 17.5. The van der Waals surface area contributed by atoms with Crippen LogP contribution >= 0.6 is 0 Å². The van der Waals surface area contributed by atoms with Gasteiger partial charge in [-0.25, -0.2) is 0 Å². The van der Waals surface area contributed by atoms with Crippen LogP contribution in [0, 0.1) is 0 Å². The third-order valence-electron chi connectivity index (χ3n) is 4.73. The van der Waals surface area contributed by atoms with Crippen LogP contribution in [-0.2, 0) is 11.2 Å². The molecule has 0 saturated carbocycles. The molecule has 4 heteroatoms. The van der Waals surface area contributed by atoms with Crippen molar-refractivity contribution < 1.29 is 4.79 Å². The van der Waals surface area contributed by atoms with E-state index in [1.165, 1.54) is 11.3 Å². The van der Waals surface area contributed by atoms with E-state index in [4.69, 9.17) is 0 Å². The topological polar surface area (TPSA) is 35.6 Å². The van der Waals surface area contributed by atoms with Crippen LogP contribution in [0.3, 0.4) is 0 Å². The Morgan fingerprint density at radius 1 is 0.880 bits per heavy atom. The first-order valence-corrected chi connectivity index (χ1v) is 9.14. The molecule has 1 aliphatic heterocycles. The second kappa shape index (κ2) is 9.23. The molecule has 0 bridgehead atoms. The minimum absolute atomic E-state index is 0.145. The summed E-state index contributed by atoms with van der Waals surface area (Å²) in [5, 5.41) is 3.05. The maximum atomic E-state index is 12.0. The standard InChI is InChI=1S/C21H27N3O/c25-21(12-11-19-7-3-1-4-8-19)22-13-14-23-15-17-24(18-16-23)20-9-5-2-6-10-20/h1-10H,11-18H2,(H,22,25). The van der Waals surface area contributed by atoms with Crippen LogP contribution in [0.4, 0.5) is 5.69 Å². The van der Waals surface area contributed by atoms with E-state index in [1.54, 1.807) is 0 Å². The van der Waals surface area contributed by atoms with Crippen LogP contribution in [0.1, 0.15) is 12.0 Å². The number of carbonyl (C=O) groups is 1. The van der Waals surface area contributed by atoms with Gasteiger partial charge in [0.15, 0.2) is 0 Å². The molecule has 1 amide bonds. The second-order valence-electron chi connectivity index (χ2n) is 6.50. The quantitative estimate of drug-likeness (QED) is 0.843. The minimum Gasteiger partial charge on any atom is -0.369 e. The van der Waals surface area contributed by atoms with E-state index >= 15 is 0 Å². The minimum atomic E-state index is 0.145. The van der Waals surface area contributed by atoms with Crippen molar-refractivity contribution in [2.45, 2.75) is 12.8 Å². The third kappa shape index (κ3) is 5.61. The number of nitrogens with zero attached hydrogens (tertiary/aromatic N) is 2. The average molecular weight is 337 g/mol. The molecule has 3 rings (SSSR count). The average Bonchev–Trinajstić information content (AvgIpc) is 2.68. The summed E-state index contributed by atoms with van der Waals surface area (Å²) >= 11 is 0. The van der Waals surface area contributed by atoms with Gasteiger partial charge < -0.3 is 10.2 Å². The number of carbonyl (C=O) groups excluding carboxylic acids is 1. The summed E-state index contributed by atoms with van der Waals surface area (Å²) in [7, 11) is 0. The first-order chi connectivity index (χ1) is 12.3. The normalized spacial score (nSPS) is 15.1. The molecule has 1 N–H and O–H groups in total. The number of nitrogens with one attached hydrogen (secondary N) is 1. The van der Waals surface area contributed by atoms with Crippen molar-refractivity contribution in [3.05, 3.63) is 66.2 Å². The molecule has 0 radical (unpaired) electrons. The van der Waals surface area contributed by atoms with E-state index in [0.29, 0.717) is 6.42 Å². The highest BCUT2D eigenvalue weighted by Gasteiger charge is 2.16. The number of hydrogen-bond acceptors (Lipinski definition) is 3. The monoisotopic (exact) mass is 337 g/mol. The summed E-state index contributed by atoms with van der Waals surface area (Å²) in [6.45, 7) is 5.86. The molecule has 1 fully saturated rings. The van der Waals surface area contributed by atoms with Gasteiger partial charge in [0.1, 0.15) is 0 Å². The van der Waals surface area contributed by atoms with Gasteiger partial charge >= 0.3 is 0 Å². The summed E-state index contributed by atoms with van der Waals surface area (Å²) in [5.74, 6) is 0.145. The SMILES string of the molecule is O=C(CCc1ccccc1)NCCN1CCN(c2ccccc2)CC1. The number of hydrogen-bond donors (Lipinski definition) is 1. The first-order valence-electron chi connectivity index (χ1n) is 9.14. The van der Waals surface area contributed by atoms with Crippen molar-refractivity contribution in [2.75, 3.05) is 44.2 Å². The molecule has 25 heavy (non-hydrogen) atoms. The van der Waals surface area contributed by atoms with Crippen LogP contribution in [-0.4, -0.2) is 50.1 Å². The van der Waals surface area contributed by atoms with E-state index in [0.717, 1.165) is 45.7 Å². The van der Waals surface area contributed by atoms with Crippen molar-refractivity contribution >= 4 is 11.6 Å². The van der Waals surface area contributed by atoms with Crippen molar-refractivity contribution in [3.63, 3.8) is 0 Å². The van der Waals surface area contributed by atoms with Crippen LogP contribution in [0.5, 0.6) is 0 Å².